The average Bonchev–Trinajstić information content (AvgIpc) is 2.64. The van der Waals surface area contributed by atoms with Gasteiger partial charge in [-0.05, 0) is 29.7 Å². The van der Waals surface area contributed by atoms with Crippen LogP contribution in [0, 0.1) is 0 Å². The van der Waals surface area contributed by atoms with Crippen molar-refractivity contribution < 1.29 is 9.47 Å². The molecular weight excluding hydrogens is 298 g/mol. The van der Waals surface area contributed by atoms with Crippen LogP contribution >= 0.6 is 0 Å². The highest BCUT2D eigenvalue weighted by atomic mass is 16.5. The highest BCUT2D eigenvalue weighted by Gasteiger charge is 1.98. The van der Waals surface area contributed by atoms with Crippen LogP contribution in [0.15, 0.2) is 60.2 Å². The van der Waals surface area contributed by atoms with E-state index in [0.29, 0.717) is 6.61 Å². The van der Waals surface area contributed by atoms with Crippen molar-refractivity contribution in [1.82, 2.24) is 5.32 Å². The van der Waals surface area contributed by atoms with Gasteiger partial charge in [-0.25, -0.2) is 0 Å². The fourth-order valence-electron chi connectivity index (χ4n) is 2.34. The summed E-state index contributed by atoms with van der Waals surface area (Å²) >= 11 is 0. The van der Waals surface area contributed by atoms with Gasteiger partial charge in [0.15, 0.2) is 0 Å². The molecule has 128 valence electrons. The quantitative estimate of drug-likeness (QED) is 0.661. The molecule has 0 aliphatic heterocycles. The number of methoxy groups -OCH3 is 1. The molecule has 1 N–H and O–H groups in total. The molecule has 0 unspecified atom stereocenters. The summed E-state index contributed by atoms with van der Waals surface area (Å²) in [5.74, 6) is 0.896. The van der Waals surface area contributed by atoms with Gasteiger partial charge in [0.2, 0.25) is 0 Å². The van der Waals surface area contributed by atoms with E-state index in [1.165, 1.54) is 16.7 Å². The minimum Gasteiger partial charge on any atom is -0.489 e. The van der Waals surface area contributed by atoms with E-state index < -0.39 is 0 Å². The Morgan fingerprint density at radius 1 is 1.04 bits per heavy atom. The van der Waals surface area contributed by atoms with Crippen molar-refractivity contribution in [3.63, 3.8) is 0 Å². The maximum Gasteiger partial charge on any atom is 0.119 e. The van der Waals surface area contributed by atoms with E-state index in [1.807, 2.05) is 30.3 Å². The minimum atomic E-state index is 0.597. The lowest BCUT2D eigenvalue weighted by atomic mass is 10.1. The van der Waals surface area contributed by atoms with E-state index in [1.54, 1.807) is 7.11 Å². The summed E-state index contributed by atoms with van der Waals surface area (Å²) < 4.78 is 10.9. The number of hydrogen-bond acceptors (Lipinski definition) is 3. The monoisotopic (exact) mass is 325 g/mol. The molecule has 0 amide bonds. The number of benzene rings is 2. The molecule has 3 nitrogen and oxygen atoms in total. The first-order chi connectivity index (χ1) is 11.8. The Balaban J connectivity index is 1.86. The standard InChI is InChI=1S/C21H27NO2/c1-3-18(16-22-13-14-23-2)15-19-9-11-21(12-10-19)24-17-20-7-5-4-6-8-20/h4-12,15,22H,3,13-14,16-17H2,1-2H3/b18-15-. The Bertz CT molecular complexity index is 605. The molecule has 0 aromatic heterocycles. The van der Waals surface area contributed by atoms with Crippen LogP contribution in [-0.4, -0.2) is 26.8 Å². The molecule has 2 rings (SSSR count). The Morgan fingerprint density at radius 2 is 1.79 bits per heavy atom. The molecule has 0 atom stereocenters. The maximum absolute atomic E-state index is 5.82. The molecular formula is C21H27NO2. The second-order valence-electron chi connectivity index (χ2n) is 5.67. The summed E-state index contributed by atoms with van der Waals surface area (Å²) in [4.78, 5) is 0. The van der Waals surface area contributed by atoms with Gasteiger partial charge in [0.25, 0.3) is 0 Å². The zero-order valence-corrected chi connectivity index (χ0v) is 14.6. The van der Waals surface area contributed by atoms with Gasteiger partial charge in [-0.2, -0.15) is 0 Å². The van der Waals surface area contributed by atoms with Crippen molar-refractivity contribution in [3.05, 3.63) is 71.3 Å². The number of rotatable bonds is 10. The summed E-state index contributed by atoms with van der Waals surface area (Å²) in [6.45, 7) is 5.29. The average molecular weight is 325 g/mol. The molecule has 0 fully saturated rings. The lowest BCUT2D eigenvalue weighted by molar-refractivity contribution is 0.200. The molecule has 3 heteroatoms. The highest BCUT2D eigenvalue weighted by Crippen LogP contribution is 2.16. The molecule has 24 heavy (non-hydrogen) atoms. The van der Waals surface area contributed by atoms with Crippen LogP contribution in [0.1, 0.15) is 24.5 Å². The third kappa shape index (κ3) is 6.57. The third-order valence-electron chi connectivity index (χ3n) is 3.79. The smallest absolute Gasteiger partial charge is 0.119 e. The summed E-state index contributed by atoms with van der Waals surface area (Å²) in [7, 11) is 1.72. The van der Waals surface area contributed by atoms with Crippen molar-refractivity contribution in [1.29, 1.82) is 0 Å². The predicted molar refractivity (Wildman–Crippen MR) is 100 cm³/mol. The van der Waals surface area contributed by atoms with Crippen LogP contribution in [-0.2, 0) is 11.3 Å². The fraction of sp³-hybridized carbons (Fsp3) is 0.333. The van der Waals surface area contributed by atoms with Gasteiger partial charge < -0.3 is 14.8 Å². The van der Waals surface area contributed by atoms with Crippen molar-refractivity contribution in [3.8, 4) is 5.75 Å². The molecule has 0 aliphatic carbocycles. The first-order valence-corrected chi connectivity index (χ1v) is 8.47. The van der Waals surface area contributed by atoms with Crippen LogP contribution in [0.5, 0.6) is 5.75 Å². The third-order valence-corrected chi connectivity index (χ3v) is 3.79. The zero-order valence-electron chi connectivity index (χ0n) is 14.6. The van der Waals surface area contributed by atoms with E-state index in [9.17, 15) is 0 Å². The molecule has 2 aromatic carbocycles. The molecule has 0 saturated carbocycles. The summed E-state index contributed by atoms with van der Waals surface area (Å²) in [6.07, 6.45) is 3.27. The van der Waals surface area contributed by atoms with Crippen LogP contribution < -0.4 is 10.1 Å². The minimum absolute atomic E-state index is 0.597. The van der Waals surface area contributed by atoms with Crippen LogP contribution in [0.25, 0.3) is 6.08 Å². The SMILES string of the molecule is CC/C(=C/c1ccc(OCc2ccccc2)cc1)CNCCOC. The van der Waals surface area contributed by atoms with Crippen molar-refractivity contribution in [2.45, 2.75) is 20.0 Å². The van der Waals surface area contributed by atoms with E-state index >= 15 is 0 Å². The van der Waals surface area contributed by atoms with Crippen LogP contribution in [0.2, 0.25) is 0 Å². The number of nitrogens with one attached hydrogen (secondary N) is 1. The Labute approximate surface area is 145 Å². The Morgan fingerprint density at radius 3 is 2.46 bits per heavy atom. The van der Waals surface area contributed by atoms with Crippen LogP contribution in [0.4, 0.5) is 0 Å². The molecule has 0 heterocycles. The Hall–Kier alpha value is -2.10. The second kappa shape index (κ2) is 10.6. The maximum atomic E-state index is 5.82. The lowest BCUT2D eigenvalue weighted by Gasteiger charge is -2.08. The van der Waals surface area contributed by atoms with Gasteiger partial charge in [-0.15, -0.1) is 0 Å². The summed E-state index contributed by atoms with van der Waals surface area (Å²) in [5.41, 5.74) is 3.76. The molecule has 0 bridgehead atoms. The highest BCUT2D eigenvalue weighted by molar-refractivity contribution is 5.54. The molecule has 0 radical (unpaired) electrons. The molecule has 0 saturated heterocycles. The van der Waals surface area contributed by atoms with Gasteiger partial charge in [0.1, 0.15) is 12.4 Å². The zero-order chi connectivity index (χ0) is 17.0. The van der Waals surface area contributed by atoms with Gasteiger partial charge >= 0.3 is 0 Å². The Kier molecular flexibility index (Phi) is 8.08. The normalized spacial score (nSPS) is 11.5. The van der Waals surface area contributed by atoms with E-state index in [0.717, 1.165) is 31.9 Å². The van der Waals surface area contributed by atoms with Gasteiger partial charge in [-0.3, -0.25) is 0 Å². The first-order valence-electron chi connectivity index (χ1n) is 8.47. The summed E-state index contributed by atoms with van der Waals surface area (Å²) in [6, 6.07) is 18.5. The second-order valence-corrected chi connectivity index (χ2v) is 5.67. The van der Waals surface area contributed by atoms with Gasteiger partial charge in [-0.1, -0.05) is 61.0 Å². The van der Waals surface area contributed by atoms with Gasteiger partial charge in [0.05, 0.1) is 6.61 Å². The van der Waals surface area contributed by atoms with E-state index in [2.05, 4.69) is 42.6 Å². The molecule has 0 aliphatic rings. The van der Waals surface area contributed by atoms with Crippen molar-refractivity contribution >= 4 is 6.08 Å². The van der Waals surface area contributed by atoms with E-state index in [-0.39, 0.29) is 0 Å². The fourth-order valence-corrected chi connectivity index (χ4v) is 2.34. The first kappa shape index (κ1) is 18.2. The molecule has 2 aromatic rings. The van der Waals surface area contributed by atoms with Crippen molar-refractivity contribution in [2.24, 2.45) is 0 Å². The lowest BCUT2D eigenvalue weighted by Crippen LogP contribution is -2.21. The number of ether oxygens (including phenoxy) is 2. The predicted octanol–water partition coefficient (Wildman–Crippen LogP) is 4.30. The topological polar surface area (TPSA) is 30.5 Å². The molecule has 0 spiro atoms. The summed E-state index contributed by atoms with van der Waals surface area (Å²) in [5, 5.41) is 3.39. The van der Waals surface area contributed by atoms with E-state index in [4.69, 9.17) is 9.47 Å². The van der Waals surface area contributed by atoms with Gasteiger partial charge in [0, 0.05) is 20.2 Å². The number of hydrogen-bond donors (Lipinski definition) is 1. The van der Waals surface area contributed by atoms with Crippen LogP contribution in [0.3, 0.4) is 0 Å². The largest absolute Gasteiger partial charge is 0.489 e. The van der Waals surface area contributed by atoms with Crippen molar-refractivity contribution in [2.75, 3.05) is 26.8 Å².